The lowest BCUT2D eigenvalue weighted by atomic mass is 9.75. The largest absolute Gasteiger partial charge is 0.324 e. The van der Waals surface area contributed by atoms with E-state index in [1.54, 1.807) is 0 Å². The van der Waals surface area contributed by atoms with Gasteiger partial charge in [0.1, 0.15) is 0 Å². The molecular formula is C13H19N. The molecule has 0 amide bonds. The van der Waals surface area contributed by atoms with Crippen LogP contribution in [0.1, 0.15) is 37.8 Å². The molecule has 1 saturated carbocycles. The molecule has 0 bridgehead atoms. The van der Waals surface area contributed by atoms with E-state index in [2.05, 4.69) is 45.0 Å². The molecule has 0 saturated heterocycles. The highest BCUT2D eigenvalue weighted by Crippen LogP contribution is 2.49. The van der Waals surface area contributed by atoms with Crippen LogP contribution in [0.25, 0.3) is 0 Å². The number of rotatable bonds is 2. The second-order valence-electron chi connectivity index (χ2n) is 5.15. The molecule has 0 aromatic heterocycles. The molecule has 1 aliphatic carbocycles. The standard InChI is InChI=1S/C13H19N/c1-10-5-4-6-11(9-10)12(2,3)13(14)7-8-13/h4-6,9H,7-8,14H2,1-3H3. The summed E-state index contributed by atoms with van der Waals surface area (Å²) in [7, 11) is 0. The van der Waals surface area contributed by atoms with E-state index in [1.165, 1.54) is 11.1 Å². The van der Waals surface area contributed by atoms with E-state index in [-0.39, 0.29) is 11.0 Å². The summed E-state index contributed by atoms with van der Waals surface area (Å²) < 4.78 is 0. The van der Waals surface area contributed by atoms with Crippen molar-refractivity contribution >= 4 is 0 Å². The summed E-state index contributed by atoms with van der Waals surface area (Å²) in [6, 6.07) is 8.71. The number of hydrogen-bond donors (Lipinski definition) is 1. The van der Waals surface area contributed by atoms with Crippen LogP contribution in [0.5, 0.6) is 0 Å². The summed E-state index contributed by atoms with van der Waals surface area (Å²) in [4.78, 5) is 0. The SMILES string of the molecule is Cc1cccc(C(C)(C)C2(N)CC2)c1. The lowest BCUT2D eigenvalue weighted by Crippen LogP contribution is -2.43. The molecule has 0 aliphatic heterocycles. The van der Waals surface area contributed by atoms with Crippen molar-refractivity contribution in [3.05, 3.63) is 35.4 Å². The summed E-state index contributed by atoms with van der Waals surface area (Å²) in [5.41, 5.74) is 9.15. The summed E-state index contributed by atoms with van der Waals surface area (Å²) in [5.74, 6) is 0. The van der Waals surface area contributed by atoms with Crippen LogP contribution in [0, 0.1) is 6.92 Å². The van der Waals surface area contributed by atoms with Crippen molar-refractivity contribution in [2.75, 3.05) is 0 Å². The molecule has 0 radical (unpaired) electrons. The first-order valence-electron chi connectivity index (χ1n) is 5.32. The predicted molar refractivity (Wildman–Crippen MR) is 60.4 cm³/mol. The maximum absolute atomic E-state index is 6.31. The van der Waals surface area contributed by atoms with Crippen LogP contribution in [0.15, 0.2) is 24.3 Å². The van der Waals surface area contributed by atoms with Gasteiger partial charge in [0.05, 0.1) is 0 Å². The van der Waals surface area contributed by atoms with Crippen molar-refractivity contribution in [3.8, 4) is 0 Å². The smallest absolute Gasteiger partial charge is 0.0248 e. The van der Waals surface area contributed by atoms with E-state index in [4.69, 9.17) is 5.73 Å². The second kappa shape index (κ2) is 2.83. The zero-order valence-electron chi connectivity index (χ0n) is 9.30. The third-order valence-corrected chi connectivity index (χ3v) is 3.77. The van der Waals surface area contributed by atoms with Gasteiger partial charge >= 0.3 is 0 Å². The van der Waals surface area contributed by atoms with Crippen molar-refractivity contribution in [3.63, 3.8) is 0 Å². The average Bonchev–Trinajstić information content (AvgIpc) is 2.85. The molecule has 1 aromatic rings. The van der Waals surface area contributed by atoms with Gasteiger partial charge in [-0.05, 0) is 25.3 Å². The van der Waals surface area contributed by atoms with E-state index in [1.807, 2.05) is 0 Å². The topological polar surface area (TPSA) is 26.0 Å². The van der Waals surface area contributed by atoms with Crippen LogP contribution in [0.4, 0.5) is 0 Å². The Labute approximate surface area is 86.3 Å². The summed E-state index contributed by atoms with van der Waals surface area (Å²) >= 11 is 0. The summed E-state index contributed by atoms with van der Waals surface area (Å²) in [5, 5.41) is 0. The molecule has 1 heteroatoms. The summed E-state index contributed by atoms with van der Waals surface area (Å²) in [6.07, 6.45) is 2.32. The van der Waals surface area contributed by atoms with E-state index in [0.717, 1.165) is 12.8 Å². The number of nitrogens with two attached hydrogens (primary N) is 1. The van der Waals surface area contributed by atoms with Crippen LogP contribution < -0.4 is 5.73 Å². The first kappa shape index (κ1) is 9.72. The first-order chi connectivity index (χ1) is 6.46. The Kier molecular flexibility index (Phi) is 1.97. The highest BCUT2D eigenvalue weighted by atomic mass is 14.9. The fraction of sp³-hybridized carbons (Fsp3) is 0.538. The average molecular weight is 189 g/mol. The second-order valence-corrected chi connectivity index (χ2v) is 5.15. The summed E-state index contributed by atoms with van der Waals surface area (Å²) in [6.45, 7) is 6.65. The van der Waals surface area contributed by atoms with Crippen LogP contribution >= 0.6 is 0 Å². The molecule has 1 fully saturated rings. The van der Waals surface area contributed by atoms with E-state index >= 15 is 0 Å². The molecule has 0 heterocycles. The zero-order valence-corrected chi connectivity index (χ0v) is 9.30. The normalized spacial score (nSPS) is 19.4. The molecule has 76 valence electrons. The minimum absolute atomic E-state index is 0.0425. The molecular weight excluding hydrogens is 170 g/mol. The van der Waals surface area contributed by atoms with Crippen molar-refractivity contribution in [2.24, 2.45) is 5.73 Å². The van der Waals surface area contributed by atoms with Gasteiger partial charge in [-0.15, -0.1) is 0 Å². The number of benzene rings is 1. The quantitative estimate of drug-likeness (QED) is 0.760. The van der Waals surface area contributed by atoms with Crippen molar-refractivity contribution in [1.29, 1.82) is 0 Å². The third-order valence-electron chi connectivity index (χ3n) is 3.77. The van der Waals surface area contributed by atoms with Gasteiger partial charge in [0.2, 0.25) is 0 Å². The van der Waals surface area contributed by atoms with Gasteiger partial charge in [0.15, 0.2) is 0 Å². The van der Waals surface area contributed by atoms with Gasteiger partial charge in [-0.3, -0.25) is 0 Å². The lowest BCUT2D eigenvalue weighted by molar-refractivity contribution is 0.391. The zero-order chi connectivity index (χ0) is 10.4. The van der Waals surface area contributed by atoms with Gasteiger partial charge < -0.3 is 5.73 Å². The van der Waals surface area contributed by atoms with E-state index < -0.39 is 0 Å². The fourth-order valence-corrected chi connectivity index (χ4v) is 2.08. The van der Waals surface area contributed by atoms with Crippen molar-refractivity contribution in [1.82, 2.24) is 0 Å². The molecule has 1 aliphatic rings. The van der Waals surface area contributed by atoms with Crippen LogP contribution in [0.3, 0.4) is 0 Å². The maximum Gasteiger partial charge on any atom is 0.0248 e. The van der Waals surface area contributed by atoms with Crippen molar-refractivity contribution in [2.45, 2.75) is 44.6 Å². The maximum atomic E-state index is 6.31. The van der Waals surface area contributed by atoms with Crippen LogP contribution in [-0.4, -0.2) is 5.54 Å². The number of aryl methyl sites for hydroxylation is 1. The van der Waals surface area contributed by atoms with Gasteiger partial charge in [0, 0.05) is 11.0 Å². The van der Waals surface area contributed by atoms with Crippen LogP contribution in [-0.2, 0) is 5.41 Å². The molecule has 2 N–H and O–H groups in total. The van der Waals surface area contributed by atoms with Crippen LogP contribution in [0.2, 0.25) is 0 Å². The lowest BCUT2D eigenvalue weighted by Gasteiger charge is -2.32. The Morgan fingerprint density at radius 1 is 1.29 bits per heavy atom. The van der Waals surface area contributed by atoms with E-state index in [0.29, 0.717) is 0 Å². The van der Waals surface area contributed by atoms with Gasteiger partial charge in [0.25, 0.3) is 0 Å². The highest BCUT2D eigenvalue weighted by molar-refractivity contribution is 5.34. The Hall–Kier alpha value is -0.820. The van der Waals surface area contributed by atoms with Gasteiger partial charge in [-0.2, -0.15) is 0 Å². The Bertz CT molecular complexity index is 348. The highest BCUT2D eigenvalue weighted by Gasteiger charge is 2.51. The molecule has 1 nitrogen and oxygen atoms in total. The number of hydrogen-bond acceptors (Lipinski definition) is 1. The molecule has 0 unspecified atom stereocenters. The molecule has 1 aromatic carbocycles. The first-order valence-corrected chi connectivity index (χ1v) is 5.32. The predicted octanol–water partition coefficient (Wildman–Crippen LogP) is 2.76. The van der Waals surface area contributed by atoms with Crippen molar-refractivity contribution < 1.29 is 0 Å². The third kappa shape index (κ3) is 1.36. The minimum Gasteiger partial charge on any atom is -0.324 e. The Morgan fingerprint density at radius 3 is 2.43 bits per heavy atom. The molecule has 0 spiro atoms. The van der Waals surface area contributed by atoms with E-state index in [9.17, 15) is 0 Å². The van der Waals surface area contributed by atoms with Gasteiger partial charge in [-0.1, -0.05) is 43.7 Å². The Morgan fingerprint density at radius 2 is 1.93 bits per heavy atom. The monoisotopic (exact) mass is 189 g/mol. The fourth-order valence-electron chi connectivity index (χ4n) is 2.08. The van der Waals surface area contributed by atoms with Gasteiger partial charge in [-0.25, -0.2) is 0 Å². The molecule has 2 rings (SSSR count). The minimum atomic E-state index is 0.0425. The molecule has 14 heavy (non-hydrogen) atoms. The molecule has 0 atom stereocenters. The Balaban J connectivity index is 2.38.